The number of fused-ring (bicyclic) bond motifs is 1. The maximum absolute atomic E-state index is 8.00. The van der Waals surface area contributed by atoms with Crippen LogP contribution in [0.25, 0.3) is 39.3 Å². The number of nitrogens with zero attached hydrogens (tertiary/aromatic N) is 7. The number of aryl methyl sites for hydroxylation is 2. The largest absolute Gasteiger partial charge is 0.388 e. The highest BCUT2D eigenvalue weighted by atomic mass is 16.5. The van der Waals surface area contributed by atoms with E-state index in [0.717, 1.165) is 97.2 Å². The summed E-state index contributed by atoms with van der Waals surface area (Å²) in [5.41, 5.74) is 10.1. The Labute approximate surface area is 294 Å². The van der Waals surface area contributed by atoms with E-state index in [1.54, 1.807) is 25.7 Å². The maximum Gasteiger partial charge on any atom is 0.159 e. The normalized spacial score (nSPS) is 15.8. The molecule has 1 fully saturated rings. The summed E-state index contributed by atoms with van der Waals surface area (Å²) in [6.07, 6.45) is 11.1. The molecule has 0 saturated carbocycles. The highest BCUT2D eigenvalue weighted by Gasteiger charge is 2.24. The third kappa shape index (κ3) is 8.66. The van der Waals surface area contributed by atoms with Crippen LogP contribution >= 0.6 is 0 Å². The molecule has 11 nitrogen and oxygen atoms in total. The Bertz CT molecular complexity index is 1910. The number of rotatable bonds is 9. The van der Waals surface area contributed by atoms with E-state index in [1.807, 2.05) is 45.0 Å². The molecule has 2 aliphatic rings. The van der Waals surface area contributed by atoms with Crippen LogP contribution in [0, 0.1) is 6.92 Å². The number of nitrogens with one attached hydrogen (secondary N) is 2. The second kappa shape index (κ2) is 17.4. The third-order valence-electron chi connectivity index (χ3n) is 9.14. The van der Waals surface area contributed by atoms with Gasteiger partial charge in [-0.1, -0.05) is 31.7 Å². The summed E-state index contributed by atoms with van der Waals surface area (Å²) >= 11 is 0. The minimum absolute atomic E-state index is 0.378. The lowest BCUT2D eigenvalue weighted by Crippen LogP contribution is -2.34. The number of carbonyl (C=O) groups excluding carboxylic acids is 1. The highest BCUT2D eigenvalue weighted by Crippen LogP contribution is 2.30. The number of aromatic amines is 1. The summed E-state index contributed by atoms with van der Waals surface area (Å²) in [7, 11) is 3.71. The Morgan fingerprint density at radius 2 is 1.88 bits per heavy atom. The summed E-state index contributed by atoms with van der Waals surface area (Å²) in [5.74, 6) is 1.61. The SMILES string of the molecule is C=C(CN1CCC(OC)C1)N1CC=C(c2ccc(-c3ncccn3)cc2C)CC1.C=O.CCc1nccc(-c2n[nH]c3ccc(NC)cc23)n1. The molecule has 2 aliphatic heterocycles. The van der Waals surface area contributed by atoms with Gasteiger partial charge in [0.25, 0.3) is 0 Å². The van der Waals surface area contributed by atoms with Gasteiger partial charge in [0.15, 0.2) is 5.82 Å². The first kappa shape index (κ1) is 36.0. The van der Waals surface area contributed by atoms with Gasteiger partial charge in [-0.3, -0.25) is 10.00 Å². The molecule has 1 saturated heterocycles. The van der Waals surface area contributed by atoms with Crippen LogP contribution in [0.5, 0.6) is 0 Å². The van der Waals surface area contributed by atoms with Crippen molar-refractivity contribution in [3.05, 3.63) is 102 Å². The van der Waals surface area contributed by atoms with Gasteiger partial charge in [0, 0.05) is 94.2 Å². The number of hydrogen-bond acceptors (Lipinski definition) is 10. The molecule has 1 atom stereocenters. The van der Waals surface area contributed by atoms with Crippen LogP contribution < -0.4 is 5.32 Å². The van der Waals surface area contributed by atoms with Crippen molar-refractivity contribution in [2.45, 2.75) is 39.2 Å². The molecule has 5 aromatic rings. The van der Waals surface area contributed by atoms with Crippen LogP contribution in [0.2, 0.25) is 0 Å². The predicted octanol–water partition coefficient (Wildman–Crippen LogP) is 6.21. The van der Waals surface area contributed by atoms with Gasteiger partial charge in [-0.15, -0.1) is 0 Å². The summed E-state index contributed by atoms with van der Waals surface area (Å²) in [6.45, 7) is 15.6. The summed E-state index contributed by atoms with van der Waals surface area (Å²) in [4.78, 5) is 30.3. The zero-order valence-electron chi connectivity index (χ0n) is 29.5. The van der Waals surface area contributed by atoms with Gasteiger partial charge in [0.05, 0.1) is 17.3 Å². The molecule has 0 amide bonds. The van der Waals surface area contributed by atoms with Crippen molar-refractivity contribution < 1.29 is 9.53 Å². The summed E-state index contributed by atoms with van der Waals surface area (Å²) in [6, 6.07) is 16.4. The zero-order chi connectivity index (χ0) is 35.5. The predicted molar refractivity (Wildman–Crippen MR) is 201 cm³/mol. The Hall–Kier alpha value is -5.26. The number of hydrogen-bond donors (Lipinski definition) is 2. The third-order valence-corrected chi connectivity index (χ3v) is 9.14. The quantitative estimate of drug-likeness (QED) is 0.187. The summed E-state index contributed by atoms with van der Waals surface area (Å²) in [5, 5.41) is 11.6. The van der Waals surface area contributed by atoms with Crippen molar-refractivity contribution >= 4 is 29.0 Å². The minimum Gasteiger partial charge on any atom is -0.388 e. The first-order valence-electron chi connectivity index (χ1n) is 17.0. The van der Waals surface area contributed by atoms with Gasteiger partial charge in [-0.05, 0) is 72.9 Å². The van der Waals surface area contributed by atoms with Crippen molar-refractivity contribution in [1.82, 2.24) is 39.9 Å². The minimum atomic E-state index is 0.378. The van der Waals surface area contributed by atoms with Gasteiger partial charge in [-0.2, -0.15) is 5.10 Å². The van der Waals surface area contributed by atoms with Crippen LogP contribution in [0.4, 0.5) is 5.69 Å². The number of methoxy groups -OCH3 is 1. The molecule has 1 unspecified atom stereocenters. The number of anilines is 1. The molecule has 11 heteroatoms. The Morgan fingerprint density at radius 3 is 2.56 bits per heavy atom. The molecule has 260 valence electrons. The van der Waals surface area contributed by atoms with E-state index in [-0.39, 0.29) is 0 Å². The van der Waals surface area contributed by atoms with E-state index in [1.165, 1.54) is 22.4 Å². The van der Waals surface area contributed by atoms with Gasteiger partial charge in [0.2, 0.25) is 0 Å². The average Bonchev–Trinajstić information content (AvgIpc) is 3.83. The van der Waals surface area contributed by atoms with Crippen LogP contribution in [0.1, 0.15) is 36.7 Å². The van der Waals surface area contributed by atoms with Gasteiger partial charge < -0.3 is 19.7 Å². The smallest absolute Gasteiger partial charge is 0.159 e. The fourth-order valence-corrected chi connectivity index (χ4v) is 6.37. The number of benzene rings is 2. The molecule has 0 aliphatic carbocycles. The van der Waals surface area contributed by atoms with Crippen molar-refractivity contribution in [2.75, 3.05) is 52.2 Å². The topological polar surface area (TPSA) is 125 Å². The number of likely N-dealkylation sites (tertiary alicyclic amines) is 1. The van der Waals surface area contributed by atoms with Crippen LogP contribution in [0.15, 0.2) is 85.5 Å². The molecule has 2 N–H and O–H groups in total. The molecule has 0 spiro atoms. The fraction of sp³-hybridized carbons (Fsp3) is 0.333. The standard InChI is InChI=1S/C24H30N4O.C14H15N5.CH2O/c1-18-15-21(24-25-10-4-11-26-24)5-6-23(18)20-7-13-28(14-8-20)19(2)16-27-12-9-22(17-27)29-3;1-3-13-16-7-6-12(17-13)14-10-8-9(15-2)4-5-11(10)18-19-14;1-2/h4-7,10-11,15,22H,2,8-9,12-14,16-17H2,1,3H3;4-8,15H,3H2,1-2H3,(H,18,19);1H2. The first-order valence-corrected chi connectivity index (χ1v) is 17.0. The Morgan fingerprint density at radius 1 is 1.06 bits per heavy atom. The lowest BCUT2D eigenvalue weighted by atomic mass is 9.94. The van der Waals surface area contributed by atoms with Crippen LogP contribution in [-0.4, -0.2) is 99.7 Å². The lowest BCUT2D eigenvalue weighted by Gasteiger charge is -2.32. The molecule has 0 radical (unpaired) electrons. The molecule has 0 bridgehead atoms. The first-order chi connectivity index (χ1) is 24.4. The molecule has 2 aromatic carbocycles. The number of ether oxygens (including phenoxy) is 1. The van der Waals surface area contributed by atoms with E-state index in [9.17, 15) is 0 Å². The number of aromatic nitrogens is 6. The second-order valence-electron chi connectivity index (χ2n) is 12.3. The zero-order valence-corrected chi connectivity index (χ0v) is 29.5. The van der Waals surface area contributed by atoms with Gasteiger partial charge >= 0.3 is 0 Å². The Balaban J connectivity index is 0.000000200. The number of H-pyrrole nitrogens is 1. The summed E-state index contributed by atoms with van der Waals surface area (Å²) < 4.78 is 5.48. The molecule has 5 heterocycles. The van der Waals surface area contributed by atoms with Gasteiger partial charge in [0.1, 0.15) is 18.3 Å². The molecular formula is C39H47N9O2. The van der Waals surface area contributed by atoms with Crippen LogP contribution in [0.3, 0.4) is 0 Å². The van der Waals surface area contributed by atoms with Crippen molar-refractivity contribution in [2.24, 2.45) is 0 Å². The van der Waals surface area contributed by atoms with E-state index >= 15 is 0 Å². The molecule has 3 aromatic heterocycles. The molecule has 50 heavy (non-hydrogen) atoms. The average molecular weight is 674 g/mol. The van der Waals surface area contributed by atoms with Crippen molar-refractivity contribution in [1.29, 1.82) is 0 Å². The van der Waals surface area contributed by atoms with E-state index in [4.69, 9.17) is 9.53 Å². The van der Waals surface area contributed by atoms with Crippen molar-refractivity contribution in [3.8, 4) is 22.8 Å². The van der Waals surface area contributed by atoms with E-state index < -0.39 is 0 Å². The number of carbonyl (C=O) groups is 1. The maximum atomic E-state index is 8.00. The highest BCUT2D eigenvalue weighted by molar-refractivity contribution is 5.94. The van der Waals surface area contributed by atoms with Crippen molar-refractivity contribution in [3.63, 3.8) is 0 Å². The molecule has 7 rings (SSSR count). The fourth-order valence-electron chi connectivity index (χ4n) is 6.37. The second-order valence-corrected chi connectivity index (χ2v) is 12.3. The molecular weight excluding hydrogens is 626 g/mol. The van der Waals surface area contributed by atoms with E-state index in [2.05, 4.69) is 89.1 Å². The van der Waals surface area contributed by atoms with Gasteiger partial charge in [-0.25, -0.2) is 19.9 Å². The lowest BCUT2D eigenvalue weighted by molar-refractivity contribution is -0.0980. The van der Waals surface area contributed by atoms with E-state index in [0.29, 0.717) is 6.10 Å². The van der Waals surface area contributed by atoms with Crippen LogP contribution in [-0.2, 0) is 16.0 Å². The monoisotopic (exact) mass is 673 g/mol. The Kier molecular flexibility index (Phi) is 12.5.